The maximum atomic E-state index is 13.3. The zero-order chi connectivity index (χ0) is 21.9. The number of halogens is 1. The number of aromatic hydroxyl groups is 1. The van der Waals surface area contributed by atoms with Crippen LogP contribution in [0.15, 0.2) is 12.1 Å². The molecule has 1 aliphatic carbocycles. The van der Waals surface area contributed by atoms with Gasteiger partial charge in [0.2, 0.25) is 0 Å². The summed E-state index contributed by atoms with van der Waals surface area (Å²) in [4.78, 5) is 9.64. The van der Waals surface area contributed by atoms with Crippen molar-refractivity contribution in [2.75, 3.05) is 6.61 Å². The minimum absolute atomic E-state index is 0. The van der Waals surface area contributed by atoms with E-state index in [1.165, 1.54) is 68.6 Å². The van der Waals surface area contributed by atoms with Gasteiger partial charge in [0.15, 0.2) is 0 Å². The van der Waals surface area contributed by atoms with Crippen LogP contribution < -0.4 is 23.6 Å². The van der Waals surface area contributed by atoms with Crippen LogP contribution in [-0.2, 0) is 35.3 Å². The van der Waals surface area contributed by atoms with Crippen LogP contribution in [0.4, 0.5) is 4.39 Å². The Morgan fingerprint density at radius 1 is 1.23 bits per heavy atom. The number of phenolic OH excluding ortho intramolecular Hbond substituents is 1. The molecule has 1 saturated heterocycles. The Balaban J connectivity index is 0.000000523. The molecule has 0 aromatic heterocycles. The van der Waals surface area contributed by atoms with Crippen molar-refractivity contribution in [3.8, 4) is 5.75 Å². The van der Waals surface area contributed by atoms with Gasteiger partial charge in [0.05, 0.1) is 12.0 Å². The van der Waals surface area contributed by atoms with E-state index in [-0.39, 0.29) is 24.6 Å². The zero-order valence-electron chi connectivity index (χ0n) is 18.2. The number of amides is 1. The third-order valence-corrected chi connectivity index (χ3v) is 6.05. The van der Waals surface area contributed by atoms with Crippen LogP contribution in [0, 0.1) is 30.6 Å². The van der Waals surface area contributed by atoms with E-state index in [9.17, 15) is 22.7 Å². The number of phenols is 1. The van der Waals surface area contributed by atoms with E-state index in [0.717, 1.165) is 24.5 Å². The van der Waals surface area contributed by atoms with Gasteiger partial charge in [0.1, 0.15) is 0 Å². The van der Waals surface area contributed by atoms with Crippen molar-refractivity contribution in [1.82, 2.24) is 4.72 Å². The van der Waals surface area contributed by atoms with E-state index < -0.39 is 22.6 Å². The van der Waals surface area contributed by atoms with Gasteiger partial charge in [-0.3, -0.25) is 0 Å². The summed E-state index contributed by atoms with van der Waals surface area (Å²) < 4.78 is 39.4. The van der Waals surface area contributed by atoms with E-state index in [4.69, 9.17) is 4.74 Å². The summed E-state index contributed by atoms with van der Waals surface area (Å²) in [6.45, 7) is 3.69. The first-order valence-corrected chi connectivity index (χ1v) is 11.6. The first kappa shape index (κ1) is 27.8. The fourth-order valence-corrected chi connectivity index (χ4v) is 4.66. The minimum atomic E-state index is -2.51. The monoisotopic (exact) mass is 447 g/mol. The van der Waals surface area contributed by atoms with Crippen molar-refractivity contribution in [2.24, 2.45) is 11.8 Å². The van der Waals surface area contributed by atoms with E-state index in [1.807, 2.05) is 0 Å². The van der Waals surface area contributed by atoms with Crippen LogP contribution in [0.2, 0.25) is 0 Å². The molecular formula is C22H31FLiNO5S-2. The van der Waals surface area contributed by atoms with E-state index in [0.29, 0.717) is 12.0 Å². The van der Waals surface area contributed by atoms with Crippen molar-refractivity contribution in [3.05, 3.63) is 36.5 Å². The summed E-state index contributed by atoms with van der Waals surface area (Å²) in [7, 11) is -2.51. The fraction of sp³-hybridized carbons (Fsp3) is 0.636. The largest absolute Gasteiger partial charge is 1.00 e. The Morgan fingerprint density at radius 3 is 2.55 bits per heavy atom. The molecule has 2 aliphatic rings. The molecule has 1 amide bonds. The van der Waals surface area contributed by atoms with Gasteiger partial charge in [-0.1, -0.05) is 32.1 Å². The third-order valence-electron chi connectivity index (χ3n) is 5.66. The van der Waals surface area contributed by atoms with Crippen LogP contribution in [0.3, 0.4) is 0 Å². The normalized spacial score (nSPS) is 22.8. The van der Waals surface area contributed by atoms with Crippen LogP contribution >= 0.6 is 0 Å². The predicted octanol–water partition coefficient (Wildman–Crippen LogP) is 1.19. The Kier molecular flexibility index (Phi) is 13.3. The average molecular weight is 447 g/mol. The molecule has 3 atom stereocenters. The third kappa shape index (κ3) is 11.8. The first-order valence-electron chi connectivity index (χ1n) is 10.6. The van der Waals surface area contributed by atoms with Gasteiger partial charge in [-0.25, -0.2) is 4.39 Å². The minimum Gasteiger partial charge on any atom is -0.534 e. The molecule has 31 heavy (non-hydrogen) atoms. The fourth-order valence-electron chi connectivity index (χ4n) is 4.47. The van der Waals surface area contributed by atoms with Crippen LogP contribution in [0.25, 0.3) is 0 Å². The van der Waals surface area contributed by atoms with Crippen molar-refractivity contribution in [3.63, 3.8) is 0 Å². The molecule has 1 aromatic rings. The van der Waals surface area contributed by atoms with Gasteiger partial charge in [-0.2, -0.15) is 5.56 Å². The number of benzene rings is 1. The SMILES string of the molecule is Oc1[c-]c(F)cc(CC2CCCC(CCCC3CCCO3)C2)c1.[CH2-]C(=O)N[S-](=O)=O.[Li+]. The van der Waals surface area contributed by atoms with Crippen molar-refractivity contribution in [2.45, 2.75) is 70.3 Å². The second-order valence-corrected chi connectivity index (χ2v) is 8.82. The molecule has 3 unspecified atom stereocenters. The van der Waals surface area contributed by atoms with E-state index in [2.05, 4.69) is 13.0 Å². The number of nitrogens with one attached hydrogen (secondary N) is 1. The Labute approximate surface area is 198 Å². The van der Waals surface area contributed by atoms with Gasteiger partial charge in [0.25, 0.3) is 0 Å². The van der Waals surface area contributed by atoms with Gasteiger partial charge in [-0.05, 0) is 43.9 Å². The van der Waals surface area contributed by atoms with Crippen molar-refractivity contribution >= 4 is 16.8 Å². The number of ether oxygens (including phenoxy) is 1. The number of hydrogen-bond donors (Lipinski definition) is 2. The maximum absolute atomic E-state index is 13.3. The van der Waals surface area contributed by atoms with E-state index >= 15 is 0 Å². The quantitative estimate of drug-likeness (QED) is 0.372. The molecule has 0 radical (unpaired) electrons. The van der Waals surface area contributed by atoms with Crippen LogP contribution in [0.1, 0.15) is 63.4 Å². The van der Waals surface area contributed by atoms with Crippen molar-refractivity contribution in [1.29, 1.82) is 0 Å². The smallest absolute Gasteiger partial charge is 0.534 e. The molecule has 1 aliphatic heterocycles. The van der Waals surface area contributed by atoms with E-state index in [1.54, 1.807) is 6.07 Å². The summed E-state index contributed by atoms with van der Waals surface area (Å²) in [5.74, 6) is 0.0720. The second-order valence-electron chi connectivity index (χ2n) is 8.15. The molecule has 1 heterocycles. The molecule has 170 valence electrons. The molecule has 9 heteroatoms. The molecule has 3 rings (SSSR count). The molecule has 0 spiro atoms. The van der Waals surface area contributed by atoms with Gasteiger partial charge in [-0.15, -0.1) is 18.2 Å². The predicted molar refractivity (Wildman–Crippen MR) is 111 cm³/mol. The van der Waals surface area contributed by atoms with Gasteiger partial charge >= 0.3 is 18.9 Å². The molecule has 1 saturated carbocycles. The maximum Gasteiger partial charge on any atom is 1.00 e. The molecule has 0 bridgehead atoms. The first-order chi connectivity index (χ1) is 14.3. The van der Waals surface area contributed by atoms with Gasteiger partial charge < -0.3 is 34.7 Å². The Bertz CT molecular complexity index is 727. The van der Waals surface area contributed by atoms with Crippen LogP contribution in [0.5, 0.6) is 5.75 Å². The summed E-state index contributed by atoms with van der Waals surface area (Å²) in [5, 5.41) is 9.49. The second kappa shape index (κ2) is 14.8. The number of carbonyl (C=O) groups excluding carboxylic acids is 1. The number of hydrogen-bond acceptors (Lipinski definition) is 6. The van der Waals surface area contributed by atoms with Crippen molar-refractivity contribution < 1.29 is 46.3 Å². The molecule has 1 aromatic carbocycles. The zero-order valence-corrected chi connectivity index (χ0v) is 19.1. The summed E-state index contributed by atoms with van der Waals surface area (Å²) in [6.07, 6.45) is 12.7. The topological polar surface area (TPSA) is 92.7 Å². The Hall–Kier alpha value is -1.20. The Morgan fingerprint density at radius 2 is 1.97 bits per heavy atom. The summed E-state index contributed by atoms with van der Waals surface area (Å²) in [6, 6.07) is 5.46. The molecule has 2 fully saturated rings. The summed E-state index contributed by atoms with van der Waals surface area (Å²) in [5.41, 5.74) is 0.906. The summed E-state index contributed by atoms with van der Waals surface area (Å²) >= 11 is 0. The molecule has 6 nitrogen and oxygen atoms in total. The standard InChI is InChI=1S/C20H28FO2.C2H3NO3S.Li/c21-18-12-17(13-19(22)14-18)11-16-6-1-4-15(10-16)5-2-7-20-8-3-9-23-20;1-2(4)3-7(5)6;/h12-13,15-16,20,22H,1-11H2;1H2,(H,3,4,5,6);/q-1;-2;+1. The average Bonchev–Trinajstić information content (AvgIpc) is 3.14. The number of carbonyl (C=O) groups is 1. The molecule has 2 N–H and O–H groups in total. The molecular weight excluding hydrogens is 416 g/mol. The number of rotatable bonds is 7. The van der Waals surface area contributed by atoms with Crippen LogP contribution in [-0.4, -0.2) is 23.7 Å². The van der Waals surface area contributed by atoms with Gasteiger partial charge in [0, 0.05) is 29.1 Å².